The zero-order chi connectivity index (χ0) is 10.5. The monoisotopic (exact) mass is 268 g/mol. The van der Waals surface area contributed by atoms with Crippen LogP contribution in [0.25, 0.3) is 0 Å². The summed E-state index contributed by atoms with van der Waals surface area (Å²) in [5.74, 6) is -3.60. The highest BCUT2D eigenvalue weighted by Gasteiger charge is 2.60. The van der Waals surface area contributed by atoms with Gasteiger partial charge in [0.25, 0.3) is 18.0 Å². The summed E-state index contributed by atoms with van der Waals surface area (Å²) in [7, 11) is 0. The number of carbonyl (C=O) groups excluding carboxylic acids is 2. The van der Waals surface area contributed by atoms with Gasteiger partial charge >= 0.3 is 6.03 Å². The van der Waals surface area contributed by atoms with E-state index in [4.69, 9.17) is 0 Å². The number of hydrogen-bond donors (Lipinski definition) is 1. The fourth-order valence-electron chi connectivity index (χ4n) is 1.43. The third-order valence-corrected chi connectivity index (χ3v) is 2.81. The molecular formula is C6H6BrFN2O4. The van der Waals surface area contributed by atoms with Gasteiger partial charge in [-0.3, -0.25) is 9.69 Å². The summed E-state index contributed by atoms with van der Waals surface area (Å²) in [5, 5.41) is 9.58. The van der Waals surface area contributed by atoms with Gasteiger partial charge < -0.3 is 9.84 Å². The molecule has 0 aromatic heterocycles. The highest BCUT2D eigenvalue weighted by atomic mass is 79.9. The zero-order valence-corrected chi connectivity index (χ0v) is 8.40. The molecule has 3 amide bonds. The first-order valence-corrected chi connectivity index (χ1v) is 4.51. The van der Waals surface area contributed by atoms with E-state index in [1.54, 1.807) is 0 Å². The molecular weight excluding hydrogens is 263 g/mol. The quantitative estimate of drug-likeness (QED) is 0.606. The predicted octanol–water partition coefficient (Wildman–Crippen LogP) is -0.425. The molecule has 2 aliphatic rings. The fourth-order valence-corrected chi connectivity index (χ4v) is 1.80. The first-order valence-electron chi connectivity index (χ1n) is 3.80. The Labute approximate surface area is 86.5 Å². The van der Waals surface area contributed by atoms with Crippen molar-refractivity contribution in [2.24, 2.45) is 0 Å². The van der Waals surface area contributed by atoms with Crippen molar-refractivity contribution >= 4 is 28.1 Å². The first-order chi connectivity index (χ1) is 6.48. The van der Waals surface area contributed by atoms with Gasteiger partial charge in [0.1, 0.15) is 0 Å². The van der Waals surface area contributed by atoms with E-state index in [9.17, 15) is 19.1 Å². The number of halogens is 2. The Hall–Kier alpha value is -0.730. The summed E-state index contributed by atoms with van der Waals surface area (Å²) < 4.78 is 18.5. The Bertz CT molecular complexity index is 314. The molecule has 14 heavy (non-hydrogen) atoms. The summed E-state index contributed by atoms with van der Waals surface area (Å²) in [5.41, 5.74) is 0. The van der Waals surface area contributed by atoms with Crippen molar-refractivity contribution in [1.29, 1.82) is 0 Å². The number of ether oxygens (including phenoxy) is 1. The van der Waals surface area contributed by atoms with Crippen molar-refractivity contribution in [2.75, 3.05) is 13.2 Å². The first kappa shape index (κ1) is 9.81. The van der Waals surface area contributed by atoms with Crippen LogP contribution in [-0.2, 0) is 9.53 Å². The number of amides is 3. The molecule has 0 aromatic rings. The SMILES string of the molecule is O=C1[C@@H](F)C2(O)OCCN2C(=O)N1Br. The number of imide groups is 1. The van der Waals surface area contributed by atoms with Crippen LogP contribution in [0, 0.1) is 0 Å². The molecule has 2 fully saturated rings. The number of rotatable bonds is 0. The van der Waals surface area contributed by atoms with Crippen LogP contribution in [0.3, 0.4) is 0 Å². The van der Waals surface area contributed by atoms with Crippen molar-refractivity contribution in [3.8, 4) is 0 Å². The molecule has 78 valence electrons. The number of fused-ring (bicyclic) bond motifs is 1. The normalized spacial score (nSPS) is 37.8. The maximum Gasteiger partial charge on any atom is 0.341 e. The van der Waals surface area contributed by atoms with Gasteiger partial charge in [-0.1, -0.05) is 0 Å². The average Bonchev–Trinajstić information content (AvgIpc) is 2.55. The largest absolute Gasteiger partial charge is 0.346 e. The minimum atomic E-state index is -2.43. The summed E-state index contributed by atoms with van der Waals surface area (Å²) in [6.45, 7) is 0.0436. The molecule has 0 bridgehead atoms. The Morgan fingerprint density at radius 1 is 1.64 bits per heavy atom. The summed E-state index contributed by atoms with van der Waals surface area (Å²) in [6.07, 6.45) is -2.29. The third kappa shape index (κ3) is 1.01. The lowest BCUT2D eigenvalue weighted by molar-refractivity contribution is -0.268. The van der Waals surface area contributed by atoms with Gasteiger partial charge in [-0.05, 0) is 0 Å². The minimum absolute atomic E-state index is 0.00319. The Balaban J connectivity index is 2.40. The van der Waals surface area contributed by atoms with E-state index < -0.39 is 24.0 Å². The second-order valence-corrected chi connectivity index (χ2v) is 3.63. The number of aliphatic hydroxyl groups is 1. The number of hydrogen-bond acceptors (Lipinski definition) is 4. The number of carbonyl (C=O) groups is 2. The molecule has 2 aliphatic heterocycles. The van der Waals surface area contributed by atoms with Crippen LogP contribution in [0.15, 0.2) is 0 Å². The zero-order valence-electron chi connectivity index (χ0n) is 6.81. The average molecular weight is 269 g/mol. The predicted molar refractivity (Wildman–Crippen MR) is 43.7 cm³/mol. The maximum atomic E-state index is 13.4. The van der Waals surface area contributed by atoms with Crippen LogP contribution in [0.2, 0.25) is 0 Å². The molecule has 0 spiro atoms. The molecule has 2 rings (SSSR count). The lowest BCUT2D eigenvalue weighted by Crippen LogP contribution is -2.66. The van der Waals surface area contributed by atoms with Crippen molar-refractivity contribution in [3.63, 3.8) is 0 Å². The summed E-state index contributed by atoms with van der Waals surface area (Å²) >= 11 is 2.61. The minimum Gasteiger partial charge on any atom is -0.346 e. The van der Waals surface area contributed by atoms with Crippen molar-refractivity contribution in [1.82, 2.24) is 8.83 Å². The molecule has 0 saturated carbocycles. The maximum absolute atomic E-state index is 13.4. The van der Waals surface area contributed by atoms with Crippen LogP contribution in [0.5, 0.6) is 0 Å². The molecule has 0 aliphatic carbocycles. The molecule has 2 atom stereocenters. The van der Waals surface area contributed by atoms with Gasteiger partial charge in [0.15, 0.2) is 0 Å². The molecule has 1 N–H and O–H groups in total. The second kappa shape index (κ2) is 2.88. The van der Waals surface area contributed by atoms with Crippen LogP contribution in [0.4, 0.5) is 9.18 Å². The smallest absolute Gasteiger partial charge is 0.341 e. The molecule has 8 heteroatoms. The van der Waals surface area contributed by atoms with Gasteiger partial charge in [-0.15, -0.1) is 0 Å². The van der Waals surface area contributed by atoms with Crippen LogP contribution < -0.4 is 0 Å². The van der Waals surface area contributed by atoms with Gasteiger partial charge in [-0.2, -0.15) is 3.93 Å². The van der Waals surface area contributed by atoms with Crippen molar-refractivity contribution < 1.29 is 23.8 Å². The van der Waals surface area contributed by atoms with E-state index in [2.05, 4.69) is 20.9 Å². The van der Waals surface area contributed by atoms with E-state index in [0.717, 1.165) is 4.90 Å². The third-order valence-electron chi connectivity index (χ3n) is 2.16. The van der Waals surface area contributed by atoms with E-state index in [-0.39, 0.29) is 13.2 Å². The Kier molecular flexibility index (Phi) is 2.02. The van der Waals surface area contributed by atoms with Crippen molar-refractivity contribution in [3.05, 3.63) is 0 Å². The van der Waals surface area contributed by atoms with Crippen molar-refractivity contribution in [2.45, 2.75) is 12.1 Å². The fraction of sp³-hybridized carbons (Fsp3) is 0.667. The van der Waals surface area contributed by atoms with E-state index >= 15 is 0 Å². The highest BCUT2D eigenvalue weighted by molar-refractivity contribution is 9.08. The van der Waals surface area contributed by atoms with E-state index in [0.29, 0.717) is 3.93 Å². The molecule has 6 nitrogen and oxygen atoms in total. The summed E-state index contributed by atoms with van der Waals surface area (Å²) in [4.78, 5) is 23.2. The topological polar surface area (TPSA) is 70.1 Å². The number of nitrogens with zero attached hydrogens (tertiary/aromatic N) is 2. The lowest BCUT2D eigenvalue weighted by atomic mass is 10.2. The van der Waals surface area contributed by atoms with Crippen LogP contribution >= 0.6 is 16.1 Å². The Morgan fingerprint density at radius 2 is 2.29 bits per heavy atom. The van der Waals surface area contributed by atoms with E-state index in [1.165, 1.54) is 0 Å². The molecule has 0 aromatic carbocycles. The molecule has 0 radical (unpaired) electrons. The molecule has 1 unspecified atom stereocenters. The number of alkyl halides is 1. The standard InChI is InChI=1S/C6H6BrFN2O4/c7-10-4(11)3(8)6(13)9(5(10)12)1-2-14-6/h3,13H,1-2H2/t3-,6?/m1/s1. The molecule has 2 heterocycles. The number of urea groups is 1. The van der Waals surface area contributed by atoms with Gasteiger partial charge in [-0.25, -0.2) is 9.18 Å². The summed E-state index contributed by atoms with van der Waals surface area (Å²) in [6, 6.07) is -0.830. The van der Waals surface area contributed by atoms with Crippen LogP contribution in [-0.4, -0.2) is 51.1 Å². The van der Waals surface area contributed by atoms with E-state index in [1.807, 2.05) is 0 Å². The molecule has 2 saturated heterocycles. The highest BCUT2D eigenvalue weighted by Crippen LogP contribution is 2.34. The van der Waals surface area contributed by atoms with Gasteiger partial charge in [0, 0.05) is 0 Å². The van der Waals surface area contributed by atoms with Crippen LogP contribution in [0.1, 0.15) is 0 Å². The van der Waals surface area contributed by atoms with Gasteiger partial charge in [0.05, 0.1) is 29.3 Å². The second-order valence-electron chi connectivity index (χ2n) is 2.92. The Morgan fingerprint density at radius 3 is 2.93 bits per heavy atom. The lowest BCUT2D eigenvalue weighted by Gasteiger charge is -2.39. The van der Waals surface area contributed by atoms with Gasteiger partial charge in [0.2, 0.25) is 0 Å².